The number of amides is 1. The van der Waals surface area contributed by atoms with E-state index in [1.165, 1.54) is 11.8 Å². The number of carbonyl (C=O) groups excluding carboxylic acids is 1. The summed E-state index contributed by atoms with van der Waals surface area (Å²) < 4.78 is 5.60. The number of hydrogen-bond acceptors (Lipinski definition) is 7. The zero-order valence-corrected chi connectivity index (χ0v) is 16.4. The molecular weight excluding hydrogens is 374 g/mol. The molecule has 7 nitrogen and oxygen atoms in total. The van der Waals surface area contributed by atoms with Crippen LogP contribution in [0.1, 0.15) is 17.5 Å². The summed E-state index contributed by atoms with van der Waals surface area (Å²) in [7, 11) is 0. The molecule has 0 aliphatic heterocycles. The molecular formula is C20H19N5O2S. The molecule has 0 radical (unpaired) electrons. The monoisotopic (exact) mass is 393 g/mol. The number of carbonyl (C=O) groups is 1. The van der Waals surface area contributed by atoms with Crippen LogP contribution in [-0.4, -0.2) is 33.4 Å². The Morgan fingerprint density at radius 1 is 1.25 bits per heavy atom. The van der Waals surface area contributed by atoms with Crippen LogP contribution in [0.3, 0.4) is 0 Å². The van der Waals surface area contributed by atoms with Crippen LogP contribution in [0.5, 0.6) is 0 Å². The van der Waals surface area contributed by atoms with Gasteiger partial charge in [-0.25, -0.2) is 0 Å². The standard InChI is InChI=1S/C20H19N5O2S/c1-14-9-15(2)11-17(10-14)25(8-4-6-21)18(26)13-28-20-24-23-19(27-20)16-5-3-7-22-12-16/h3,5,7,9-12H,4,8,13H2,1-2H3. The van der Waals surface area contributed by atoms with E-state index in [0.29, 0.717) is 17.7 Å². The maximum absolute atomic E-state index is 12.8. The fourth-order valence-corrected chi connectivity index (χ4v) is 3.38. The van der Waals surface area contributed by atoms with Gasteiger partial charge in [0.15, 0.2) is 0 Å². The summed E-state index contributed by atoms with van der Waals surface area (Å²) in [5, 5.41) is 17.2. The number of benzene rings is 1. The van der Waals surface area contributed by atoms with E-state index in [9.17, 15) is 4.79 Å². The molecule has 0 aliphatic carbocycles. The van der Waals surface area contributed by atoms with Gasteiger partial charge in [-0.05, 0) is 49.2 Å². The third kappa shape index (κ3) is 4.96. The molecule has 0 unspecified atom stereocenters. The number of aromatic nitrogens is 3. The van der Waals surface area contributed by atoms with Gasteiger partial charge in [0.2, 0.25) is 11.8 Å². The van der Waals surface area contributed by atoms with Crippen LogP contribution >= 0.6 is 11.8 Å². The molecule has 3 rings (SSSR count). The summed E-state index contributed by atoms with van der Waals surface area (Å²) >= 11 is 1.17. The third-order valence-electron chi connectivity index (χ3n) is 3.90. The van der Waals surface area contributed by atoms with Crippen molar-refractivity contribution in [2.45, 2.75) is 25.5 Å². The second-order valence-corrected chi connectivity index (χ2v) is 7.13. The number of rotatable bonds is 7. The van der Waals surface area contributed by atoms with Crippen LogP contribution in [0, 0.1) is 25.2 Å². The third-order valence-corrected chi connectivity index (χ3v) is 4.70. The number of anilines is 1. The minimum atomic E-state index is -0.119. The van der Waals surface area contributed by atoms with E-state index in [1.54, 1.807) is 23.4 Å². The van der Waals surface area contributed by atoms with Crippen LogP contribution in [0.25, 0.3) is 11.5 Å². The summed E-state index contributed by atoms with van der Waals surface area (Å²) in [4.78, 5) is 18.5. The quantitative estimate of drug-likeness (QED) is 0.563. The Kier molecular flexibility index (Phi) is 6.40. The Bertz CT molecular complexity index is 977. The van der Waals surface area contributed by atoms with Crippen molar-refractivity contribution in [3.05, 3.63) is 53.9 Å². The number of thioether (sulfide) groups is 1. The van der Waals surface area contributed by atoms with Gasteiger partial charge in [0.1, 0.15) is 0 Å². The van der Waals surface area contributed by atoms with E-state index in [1.807, 2.05) is 38.1 Å². The lowest BCUT2D eigenvalue weighted by Gasteiger charge is -2.22. The first kappa shape index (κ1) is 19.6. The Balaban J connectivity index is 1.70. The highest BCUT2D eigenvalue weighted by atomic mass is 32.2. The minimum Gasteiger partial charge on any atom is -0.411 e. The van der Waals surface area contributed by atoms with Crippen molar-refractivity contribution >= 4 is 23.4 Å². The Hall–Kier alpha value is -3.18. The summed E-state index contributed by atoms with van der Waals surface area (Å²) in [6.45, 7) is 4.30. The summed E-state index contributed by atoms with van der Waals surface area (Å²) in [6, 6.07) is 11.6. The molecule has 1 amide bonds. The molecule has 28 heavy (non-hydrogen) atoms. The number of pyridine rings is 1. The van der Waals surface area contributed by atoms with Crippen molar-refractivity contribution in [3.8, 4) is 17.5 Å². The molecule has 0 saturated carbocycles. The van der Waals surface area contributed by atoms with Crippen molar-refractivity contribution < 1.29 is 9.21 Å². The van der Waals surface area contributed by atoms with Gasteiger partial charge in [-0.2, -0.15) is 5.26 Å². The van der Waals surface area contributed by atoms with Gasteiger partial charge >= 0.3 is 0 Å². The Morgan fingerprint density at radius 2 is 2.04 bits per heavy atom. The zero-order valence-electron chi connectivity index (χ0n) is 15.6. The predicted octanol–water partition coefficient (Wildman–Crippen LogP) is 3.79. The van der Waals surface area contributed by atoms with Gasteiger partial charge in [0.05, 0.1) is 23.8 Å². The van der Waals surface area contributed by atoms with E-state index in [2.05, 4.69) is 21.3 Å². The average molecular weight is 393 g/mol. The van der Waals surface area contributed by atoms with Crippen LogP contribution < -0.4 is 4.90 Å². The highest BCUT2D eigenvalue weighted by Gasteiger charge is 2.18. The molecule has 2 aromatic heterocycles. The highest BCUT2D eigenvalue weighted by Crippen LogP contribution is 2.24. The van der Waals surface area contributed by atoms with E-state index in [4.69, 9.17) is 9.68 Å². The number of hydrogen-bond donors (Lipinski definition) is 0. The van der Waals surface area contributed by atoms with Crippen molar-refractivity contribution in [2.24, 2.45) is 0 Å². The maximum atomic E-state index is 12.8. The average Bonchev–Trinajstić information content (AvgIpc) is 3.16. The number of nitrogens with zero attached hydrogens (tertiary/aromatic N) is 5. The lowest BCUT2D eigenvalue weighted by atomic mass is 10.1. The van der Waals surface area contributed by atoms with Gasteiger partial charge in [-0.15, -0.1) is 10.2 Å². The maximum Gasteiger partial charge on any atom is 0.277 e. The molecule has 8 heteroatoms. The van der Waals surface area contributed by atoms with Crippen molar-refractivity contribution in [2.75, 3.05) is 17.2 Å². The largest absolute Gasteiger partial charge is 0.411 e. The topological polar surface area (TPSA) is 95.9 Å². The number of aryl methyl sites for hydroxylation is 2. The molecule has 0 fully saturated rings. The Morgan fingerprint density at radius 3 is 2.71 bits per heavy atom. The van der Waals surface area contributed by atoms with Gasteiger partial charge < -0.3 is 9.32 Å². The summed E-state index contributed by atoms with van der Waals surface area (Å²) in [6.07, 6.45) is 3.56. The first-order valence-electron chi connectivity index (χ1n) is 8.69. The zero-order chi connectivity index (χ0) is 19.9. The summed E-state index contributed by atoms with van der Waals surface area (Å²) in [5.41, 5.74) is 3.64. The van der Waals surface area contributed by atoms with E-state index >= 15 is 0 Å². The van der Waals surface area contributed by atoms with E-state index in [0.717, 1.165) is 22.4 Å². The van der Waals surface area contributed by atoms with E-state index < -0.39 is 0 Å². The molecule has 0 N–H and O–H groups in total. The van der Waals surface area contributed by atoms with Crippen LogP contribution in [-0.2, 0) is 4.79 Å². The second kappa shape index (κ2) is 9.15. The fraction of sp³-hybridized carbons (Fsp3) is 0.250. The highest BCUT2D eigenvalue weighted by molar-refractivity contribution is 7.99. The van der Waals surface area contributed by atoms with Crippen LogP contribution in [0.2, 0.25) is 0 Å². The molecule has 0 aliphatic rings. The smallest absolute Gasteiger partial charge is 0.277 e. The summed E-state index contributed by atoms with van der Waals surface area (Å²) in [5.74, 6) is 0.373. The van der Waals surface area contributed by atoms with Crippen molar-refractivity contribution in [1.29, 1.82) is 5.26 Å². The predicted molar refractivity (Wildman–Crippen MR) is 107 cm³/mol. The molecule has 2 heterocycles. The molecule has 0 atom stereocenters. The van der Waals surface area contributed by atoms with Gasteiger partial charge in [0.25, 0.3) is 5.22 Å². The van der Waals surface area contributed by atoms with Crippen molar-refractivity contribution in [1.82, 2.24) is 15.2 Å². The lowest BCUT2D eigenvalue weighted by Crippen LogP contribution is -2.33. The first-order valence-corrected chi connectivity index (χ1v) is 9.67. The van der Waals surface area contributed by atoms with E-state index in [-0.39, 0.29) is 18.1 Å². The normalized spacial score (nSPS) is 10.5. The SMILES string of the molecule is Cc1cc(C)cc(N(CCC#N)C(=O)CSc2nnc(-c3cccnc3)o2)c1. The molecule has 0 spiro atoms. The Labute approximate surface area is 167 Å². The molecule has 1 aromatic carbocycles. The van der Waals surface area contributed by atoms with Crippen molar-refractivity contribution in [3.63, 3.8) is 0 Å². The lowest BCUT2D eigenvalue weighted by molar-refractivity contribution is -0.116. The number of nitriles is 1. The molecule has 0 saturated heterocycles. The van der Waals surface area contributed by atoms with Crippen LogP contribution in [0.15, 0.2) is 52.4 Å². The first-order chi connectivity index (χ1) is 13.6. The molecule has 142 valence electrons. The van der Waals surface area contributed by atoms with Gasteiger partial charge in [-0.3, -0.25) is 9.78 Å². The fourth-order valence-electron chi connectivity index (χ4n) is 2.74. The molecule has 3 aromatic rings. The van der Waals surface area contributed by atoms with Gasteiger partial charge in [0, 0.05) is 24.6 Å². The molecule has 0 bridgehead atoms. The minimum absolute atomic E-state index is 0.119. The second-order valence-electron chi connectivity index (χ2n) is 6.20. The van der Waals surface area contributed by atoms with Crippen LogP contribution in [0.4, 0.5) is 5.69 Å². The van der Waals surface area contributed by atoms with Gasteiger partial charge in [-0.1, -0.05) is 17.8 Å².